The van der Waals surface area contributed by atoms with Crippen molar-refractivity contribution in [2.75, 3.05) is 20.2 Å². The minimum absolute atomic E-state index is 0.0324. The first-order valence-electron chi connectivity index (χ1n) is 9.06. The highest BCUT2D eigenvalue weighted by Crippen LogP contribution is 2.29. The van der Waals surface area contributed by atoms with Gasteiger partial charge >= 0.3 is 0 Å². The van der Waals surface area contributed by atoms with Crippen molar-refractivity contribution in [2.24, 2.45) is 0 Å². The molecular formula is C19H27N5O2. The number of carbonyl (C=O) groups excluding carboxylic acids is 1. The van der Waals surface area contributed by atoms with Crippen LogP contribution in [0.2, 0.25) is 0 Å². The van der Waals surface area contributed by atoms with E-state index >= 15 is 0 Å². The smallest absolute Gasteiger partial charge is 0.251 e. The van der Waals surface area contributed by atoms with Crippen LogP contribution in [-0.4, -0.2) is 56.6 Å². The van der Waals surface area contributed by atoms with Crippen LogP contribution in [0.25, 0.3) is 5.69 Å². The molecule has 1 fully saturated rings. The minimum Gasteiger partial charge on any atom is -0.396 e. The van der Waals surface area contributed by atoms with Crippen molar-refractivity contribution in [1.29, 1.82) is 0 Å². The Morgan fingerprint density at radius 1 is 1.42 bits per heavy atom. The molecule has 2 aromatic rings. The summed E-state index contributed by atoms with van der Waals surface area (Å²) in [6.45, 7) is 4.90. The second kappa shape index (κ2) is 7.55. The standard InChI is InChI=1S/C19H27N5O2/c1-19(2,9-11-25)20-18(26)14-6-4-7-15(12-14)24-13-16(21-22-24)17-8-5-10-23(17)3/h4,6-7,12-13,17,25H,5,8-11H2,1-3H3,(H,20,26). The fraction of sp³-hybridized carbons (Fsp3) is 0.526. The van der Waals surface area contributed by atoms with Crippen LogP contribution in [0.15, 0.2) is 30.5 Å². The second-order valence-corrected chi connectivity index (χ2v) is 7.59. The molecule has 26 heavy (non-hydrogen) atoms. The average Bonchev–Trinajstić information content (AvgIpc) is 3.23. The van der Waals surface area contributed by atoms with Gasteiger partial charge in [0.2, 0.25) is 0 Å². The predicted octanol–water partition coefficient (Wildman–Crippen LogP) is 1.92. The van der Waals surface area contributed by atoms with E-state index in [9.17, 15) is 4.79 Å². The van der Waals surface area contributed by atoms with E-state index in [1.165, 1.54) is 6.42 Å². The molecule has 1 amide bonds. The van der Waals surface area contributed by atoms with Gasteiger partial charge in [0.25, 0.3) is 5.91 Å². The summed E-state index contributed by atoms with van der Waals surface area (Å²) in [5, 5.41) is 20.6. The number of rotatable bonds is 6. The van der Waals surface area contributed by atoms with Crippen molar-refractivity contribution in [1.82, 2.24) is 25.2 Å². The van der Waals surface area contributed by atoms with Gasteiger partial charge in [0, 0.05) is 17.7 Å². The Balaban J connectivity index is 1.77. The molecule has 0 spiro atoms. The summed E-state index contributed by atoms with van der Waals surface area (Å²) in [7, 11) is 2.11. The molecule has 1 aromatic heterocycles. The van der Waals surface area contributed by atoms with Crippen molar-refractivity contribution in [3.05, 3.63) is 41.7 Å². The third kappa shape index (κ3) is 4.11. The largest absolute Gasteiger partial charge is 0.396 e. The number of carbonyl (C=O) groups is 1. The van der Waals surface area contributed by atoms with Crippen LogP contribution in [0, 0.1) is 0 Å². The zero-order valence-electron chi connectivity index (χ0n) is 15.6. The Bertz CT molecular complexity index is 771. The maximum Gasteiger partial charge on any atom is 0.251 e. The van der Waals surface area contributed by atoms with E-state index in [4.69, 9.17) is 5.11 Å². The number of likely N-dealkylation sites (tertiary alicyclic amines) is 1. The third-order valence-electron chi connectivity index (χ3n) is 4.93. The molecule has 0 saturated carbocycles. The van der Waals surface area contributed by atoms with E-state index in [1.807, 2.05) is 32.2 Å². The highest BCUT2D eigenvalue weighted by molar-refractivity contribution is 5.95. The summed E-state index contributed by atoms with van der Waals surface area (Å²) in [4.78, 5) is 14.8. The number of nitrogens with one attached hydrogen (secondary N) is 1. The van der Waals surface area contributed by atoms with E-state index in [-0.39, 0.29) is 12.5 Å². The van der Waals surface area contributed by atoms with Gasteiger partial charge in [-0.3, -0.25) is 9.69 Å². The molecule has 0 radical (unpaired) electrons. The fourth-order valence-corrected chi connectivity index (χ4v) is 3.35. The molecule has 2 heterocycles. The summed E-state index contributed by atoms with van der Waals surface area (Å²) < 4.78 is 1.72. The summed E-state index contributed by atoms with van der Waals surface area (Å²) >= 11 is 0. The summed E-state index contributed by atoms with van der Waals surface area (Å²) in [5.74, 6) is -0.166. The van der Waals surface area contributed by atoms with Crippen molar-refractivity contribution in [2.45, 2.75) is 44.7 Å². The Morgan fingerprint density at radius 2 is 2.23 bits per heavy atom. The molecule has 1 aliphatic rings. The lowest BCUT2D eigenvalue weighted by Crippen LogP contribution is -2.44. The molecular weight excluding hydrogens is 330 g/mol. The van der Waals surface area contributed by atoms with E-state index in [2.05, 4.69) is 27.6 Å². The number of hydrogen-bond acceptors (Lipinski definition) is 5. The van der Waals surface area contributed by atoms with E-state index in [0.717, 1.165) is 24.3 Å². The first-order chi connectivity index (χ1) is 12.4. The SMILES string of the molecule is CN1CCCC1c1cn(-c2cccc(C(=O)NC(C)(C)CCO)c2)nn1. The lowest BCUT2D eigenvalue weighted by Gasteiger charge is -2.25. The Morgan fingerprint density at radius 3 is 2.92 bits per heavy atom. The topological polar surface area (TPSA) is 83.3 Å². The number of aliphatic hydroxyl groups excluding tert-OH is 1. The van der Waals surface area contributed by atoms with Crippen molar-refractivity contribution in [3.8, 4) is 5.69 Å². The Labute approximate surface area is 154 Å². The van der Waals surface area contributed by atoms with Gasteiger partial charge in [-0.2, -0.15) is 0 Å². The van der Waals surface area contributed by atoms with Gasteiger partial charge in [0.05, 0.1) is 17.9 Å². The third-order valence-corrected chi connectivity index (χ3v) is 4.93. The van der Waals surface area contributed by atoms with Crippen LogP contribution in [0.3, 0.4) is 0 Å². The number of aromatic nitrogens is 3. The van der Waals surface area contributed by atoms with Crippen LogP contribution in [0.1, 0.15) is 55.2 Å². The van der Waals surface area contributed by atoms with E-state index < -0.39 is 5.54 Å². The van der Waals surface area contributed by atoms with Gasteiger partial charge in [0.15, 0.2) is 0 Å². The quantitative estimate of drug-likeness (QED) is 0.825. The zero-order chi connectivity index (χ0) is 18.7. The number of amides is 1. The first kappa shape index (κ1) is 18.5. The summed E-state index contributed by atoms with van der Waals surface area (Å²) in [5.41, 5.74) is 1.86. The van der Waals surface area contributed by atoms with Crippen LogP contribution in [0.5, 0.6) is 0 Å². The molecule has 140 valence electrons. The molecule has 2 N–H and O–H groups in total. The van der Waals surface area contributed by atoms with Gasteiger partial charge in [-0.05, 0) is 64.9 Å². The molecule has 1 aromatic carbocycles. The van der Waals surface area contributed by atoms with Crippen molar-refractivity contribution in [3.63, 3.8) is 0 Å². The van der Waals surface area contributed by atoms with Gasteiger partial charge in [-0.25, -0.2) is 4.68 Å². The normalized spacial score (nSPS) is 18.2. The monoisotopic (exact) mass is 357 g/mol. The molecule has 7 nitrogen and oxygen atoms in total. The number of aliphatic hydroxyl groups is 1. The number of nitrogens with zero attached hydrogens (tertiary/aromatic N) is 4. The van der Waals surface area contributed by atoms with Crippen molar-refractivity contribution < 1.29 is 9.90 Å². The van der Waals surface area contributed by atoms with E-state index in [0.29, 0.717) is 18.0 Å². The predicted molar refractivity (Wildman–Crippen MR) is 99.2 cm³/mol. The molecule has 1 atom stereocenters. The molecule has 1 aliphatic heterocycles. The van der Waals surface area contributed by atoms with Crippen LogP contribution >= 0.6 is 0 Å². The Kier molecular flexibility index (Phi) is 5.38. The van der Waals surface area contributed by atoms with Gasteiger partial charge in [-0.15, -0.1) is 5.10 Å². The molecule has 1 unspecified atom stereocenters. The molecule has 1 saturated heterocycles. The summed E-state index contributed by atoms with van der Waals surface area (Å²) in [6, 6.07) is 7.64. The molecule has 0 aliphatic carbocycles. The lowest BCUT2D eigenvalue weighted by molar-refractivity contribution is 0.0899. The summed E-state index contributed by atoms with van der Waals surface area (Å²) in [6.07, 6.45) is 4.71. The Hall–Kier alpha value is -2.25. The van der Waals surface area contributed by atoms with Crippen molar-refractivity contribution >= 4 is 5.91 Å². The minimum atomic E-state index is -0.463. The average molecular weight is 357 g/mol. The lowest BCUT2D eigenvalue weighted by atomic mass is 10.0. The zero-order valence-corrected chi connectivity index (χ0v) is 15.6. The van der Waals surface area contributed by atoms with E-state index in [1.54, 1.807) is 16.8 Å². The van der Waals surface area contributed by atoms with Crippen LogP contribution in [0.4, 0.5) is 0 Å². The number of benzene rings is 1. The fourth-order valence-electron chi connectivity index (χ4n) is 3.35. The first-order valence-corrected chi connectivity index (χ1v) is 9.06. The van der Waals surface area contributed by atoms with Crippen LogP contribution in [-0.2, 0) is 0 Å². The maximum atomic E-state index is 12.5. The molecule has 0 bridgehead atoms. The van der Waals surface area contributed by atoms with Crippen LogP contribution < -0.4 is 5.32 Å². The molecule has 3 rings (SSSR count). The second-order valence-electron chi connectivity index (χ2n) is 7.59. The van der Waals surface area contributed by atoms with Gasteiger partial charge in [-0.1, -0.05) is 11.3 Å². The molecule has 7 heteroatoms. The highest BCUT2D eigenvalue weighted by atomic mass is 16.3. The highest BCUT2D eigenvalue weighted by Gasteiger charge is 2.25. The number of hydrogen-bond donors (Lipinski definition) is 2. The van der Waals surface area contributed by atoms with Gasteiger partial charge < -0.3 is 10.4 Å². The van der Waals surface area contributed by atoms with Gasteiger partial charge in [0.1, 0.15) is 5.69 Å². The maximum absolute atomic E-state index is 12.5.